The van der Waals surface area contributed by atoms with E-state index in [4.69, 9.17) is 10.5 Å². The number of carbonyl (C=O) groups is 1. The Morgan fingerprint density at radius 2 is 1.79 bits per heavy atom. The Morgan fingerprint density at radius 1 is 1.10 bits per heavy atom. The molecule has 1 heterocycles. The van der Waals surface area contributed by atoms with Crippen LogP contribution in [0.4, 0.5) is 0 Å². The molecule has 1 saturated heterocycles. The first-order valence-corrected chi connectivity index (χ1v) is 9.59. The van der Waals surface area contributed by atoms with Crippen molar-refractivity contribution in [2.45, 2.75) is 25.4 Å². The number of nitrogens with zero attached hydrogens (tertiary/aromatic N) is 1. The summed E-state index contributed by atoms with van der Waals surface area (Å²) in [7, 11) is 0. The number of hydrogen-bond acceptors (Lipinski definition) is 4. The van der Waals surface area contributed by atoms with Crippen molar-refractivity contribution in [2.24, 2.45) is 5.73 Å². The van der Waals surface area contributed by atoms with E-state index in [2.05, 4.69) is 41.4 Å². The molecule has 0 spiro atoms. The zero-order valence-corrected chi connectivity index (χ0v) is 18.4. The fourth-order valence-corrected chi connectivity index (χ4v) is 3.51. The lowest BCUT2D eigenvalue weighted by atomic mass is 10.0. The van der Waals surface area contributed by atoms with E-state index < -0.39 is 6.04 Å². The zero-order valence-electron chi connectivity index (χ0n) is 16.8. The maximum Gasteiger partial charge on any atom is 0.237 e. The lowest BCUT2D eigenvalue weighted by molar-refractivity contribution is -0.122. The second-order valence-corrected chi connectivity index (χ2v) is 7.12. The Morgan fingerprint density at radius 3 is 2.45 bits per heavy atom. The highest BCUT2D eigenvalue weighted by Gasteiger charge is 2.24. The number of hydrogen-bond donors (Lipinski definition) is 2. The summed E-state index contributed by atoms with van der Waals surface area (Å²) < 4.78 is 5.49. The fraction of sp³-hybridized carbons (Fsp3) is 0.409. The summed E-state index contributed by atoms with van der Waals surface area (Å²) in [4.78, 5) is 14.9. The van der Waals surface area contributed by atoms with Crippen molar-refractivity contribution >= 4 is 30.7 Å². The highest BCUT2D eigenvalue weighted by atomic mass is 35.5. The normalized spacial score (nSPS) is 16.1. The molecule has 2 unspecified atom stereocenters. The molecule has 2 atom stereocenters. The number of rotatable bonds is 7. The van der Waals surface area contributed by atoms with E-state index in [9.17, 15) is 4.79 Å². The third-order valence-electron chi connectivity index (χ3n) is 5.02. The number of morpholine rings is 1. The van der Waals surface area contributed by atoms with Crippen LogP contribution in [0.5, 0.6) is 0 Å². The van der Waals surface area contributed by atoms with Crippen LogP contribution in [0.2, 0.25) is 0 Å². The van der Waals surface area contributed by atoms with Crippen molar-refractivity contribution in [3.8, 4) is 0 Å². The first-order chi connectivity index (χ1) is 13.1. The Labute approximate surface area is 185 Å². The van der Waals surface area contributed by atoms with Crippen LogP contribution in [-0.4, -0.2) is 49.7 Å². The largest absolute Gasteiger partial charge is 0.379 e. The van der Waals surface area contributed by atoms with Crippen LogP contribution in [0.25, 0.3) is 0 Å². The predicted octanol–water partition coefficient (Wildman–Crippen LogP) is 2.90. The van der Waals surface area contributed by atoms with Crippen molar-refractivity contribution < 1.29 is 9.53 Å². The SMILES string of the molecule is Cc1cccc(C(CNC(=O)C(N)Cc2ccccc2)N2CCOCC2)c1.Cl.Cl. The van der Waals surface area contributed by atoms with Crippen LogP contribution >= 0.6 is 24.8 Å². The van der Waals surface area contributed by atoms with Gasteiger partial charge in [0, 0.05) is 19.6 Å². The Bertz CT molecular complexity index is 740. The van der Waals surface area contributed by atoms with Crippen molar-refractivity contribution in [1.82, 2.24) is 10.2 Å². The van der Waals surface area contributed by atoms with E-state index in [0.717, 1.165) is 31.9 Å². The van der Waals surface area contributed by atoms with E-state index in [0.29, 0.717) is 13.0 Å². The zero-order chi connectivity index (χ0) is 19.1. The number of nitrogens with two attached hydrogens (primary N) is 1. The molecule has 0 saturated carbocycles. The molecule has 1 fully saturated rings. The molecular formula is C22H31Cl2N3O2. The summed E-state index contributed by atoms with van der Waals surface area (Å²) in [5.41, 5.74) is 9.64. The summed E-state index contributed by atoms with van der Waals surface area (Å²) in [5.74, 6) is -0.107. The number of aryl methyl sites for hydroxylation is 1. The molecule has 0 aliphatic carbocycles. The molecule has 2 aromatic rings. The van der Waals surface area contributed by atoms with Crippen LogP contribution in [0.3, 0.4) is 0 Å². The third-order valence-corrected chi connectivity index (χ3v) is 5.02. The van der Waals surface area contributed by atoms with Gasteiger partial charge < -0.3 is 15.8 Å². The molecule has 7 heteroatoms. The summed E-state index contributed by atoms with van der Waals surface area (Å²) >= 11 is 0. The first-order valence-electron chi connectivity index (χ1n) is 9.59. The van der Waals surface area contributed by atoms with Crippen LogP contribution in [0.15, 0.2) is 54.6 Å². The number of ether oxygens (including phenoxy) is 1. The Hall–Kier alpha value is -1.63. The van der Waals surface area contributed by atoms with E-state index in [1.165, 1.54) is 11.1 Å². The van der Waals surface area contributed by atoms with Gasteiger partial charge in [0.2, 0.25) is 5.91 Å². The summed E-state index contributed by atoms with van der Waals surface area (Å²) in [6.45, 7) is 5.82. The summed E-state index contributed by atoms with van der Waals surface area (Å²) in [6.07, 6.45) is 0.541. The summed E-state index contributed by atoms with van der Waals surface area (Å²) in [5, 5.41) is 3.07. The van der Waals surface area contributed by atoms with Crippen LogP contribution in [0, 0.1) is 6.92 Å². The van der Waals surface area contributed by atoms with Crippen molar-refractivity contribution in [2.75, 3.05) is 32.8 Å². The standard InChI is InChI=1S/C22H29N3O2.2ClH/c1-17-6-5-9-19(14-17)21(25-10-12-27-13-11-25)16-24-22(26)20(23)15-18-7-3-2-4-8-18;;/h2-9,14,20-21H,10-13,15-16,23H2,1H3,(H,24,26);2*1H. The topological polar surface area (TPSA) is 67.6 Å². The first kappa shape index (κ1) is 25.4. The van der Waals surface area contributed by atoms with Crippen molar-refractivity contribution in [1.29, 1.82) is 0 Å². The molecule has 1 aliphatic rings. The fourth-order valence-electron chi connectivity index (χ4n) is 3.51. The van der Waals surface area contributed by atoms with Gasteiger partial charge in [0.15, 0.2) is 0 Å². The molecule has 0 bridgehead atoms. The highest BCUT2D eigenvalue weighted by molar-refractivity contribution is 5.85. The Kier molecular flexibility index (Phi) is 11.2. The van der Waals surface area contributed by atoms with E-state index >= 15 is 0 Å². The highest BCUT2D eigenvalue weighted by Crippen LogP contribution is 2.22. The monoisotopic (exact) mass is 439 g/mol. The second kappa shape index (κ2) is 12.8. The van der Waals surface area contributed by atoms with E-state index in [1.54, 1.807) is 0 Å². The van der Waals surface area contributed by atoms with Crippen LogP contribution < -0.4 is 11.1 Å². The molecule has 0 aromatic heterocycles. The van der Waals surface area contributed by atoms with Crippen LogP contribution in [-0.2, 0) is 16.0 Å². The minimum absolute atomic E-state index is 0. The second-order valence-electron chi connectivity index (χ2n) is 7.12. The van der Waals surface area contributed by atoms with Gasteiger partial charge in [0.25, 0.3) is 0 Å². The average Bonchev–Trinajstić information content (AvgIpc) is 2.69. The van der Waals surface area contributed by atoms with E-state index in [1.807, 2.05) is 30.3 Å². The number of amides is 1. The van der Waals surface area contributed by atoms with Gasteiger partial charge in [-0.2, -0.15) is 0 Å². The Balaban J connectivity index is 0.00000210. The minimum atomic E-state index is -0.546. The van der Waals surface area contributed by atoms with Gasteiger partial charge in [0.05, 0.1) is 25.3 Å². The molecular weight excluding hydrogens is 409 g/mol. The number of carbonyl (C=O) groups excluding carboxylic acids is 1. The molecule has 1 amide bonds. The van der Waals surface area contributed by atoms with Gasteiger partial charge in [-0.05, 0) is 24.5 Å². The molecule has 3 N–H and O–H groups in total. The molecule has 29 heavy (non-hydrogen) atoms. The molecule has 3 rings (SSSR count). The number of nitrogens with one attached hydrogen (secondary N) is 1. The predicted molar refractivity (Wildman–Crippen MR) is 122 cm³/mol. The third kappa shape index (κ3) is 7.61. The maximum absolute atomic E-state index is 12.6. The van der Waals surface area contributed by atoms with Crippen molar-refractivity contribution in [3.05, 3.63) is 71.3 Å². The van der Waals surface area contributed by atoms with Gasteiger partial charge in [-0.3, -0.25) is 9.69 Å². The molecule has 160 valence electrons. The van der Waals surface area contributed by atoms with Gasteiger partial charge in [-0.1, -0.05) is 60.2 Å². The lowest BCUT2D eigenvalue weighted by Crippen LogP contribution is -2.47. The van der Waals surface area contributed by atoms with Crippen molar-refractivity contribution in [3.63, 3.8) is 0 Å². The molecule has 0 radical (unpaired) electrons. The van der Waals surface area contributed by atoms with Gasteiger partial charge in [-0.15, -0.1) is 24.8 Å². The van der Waals surface area contributed by atoms with Crippen LogP contribution in [0.1, 0.15) is 22.7 Å². The van der Waals surface area contributed by atoms with Gasteiger partial charge in [0.1, 0.15) is 0 Å². The number of benzene rings is 2. The maximum atomic E-state index is 12.6. The summed E-state index contributed by atoms with van der Waals surface area (Å²) in [6, 6.07) is 17.9. The quantitative estimate of drug-likeness (QED) is 0.695. The smallest absolute Gasteiger partial charge is 0.237 e. The van der Waals surface area contributed by atoms with E-state index in [-0.39, 0.29) is 36.8 Å². The average molecular weight is 440 g/mol. The van der Waals surface area contributed by atoms with Gasteiger partial charge in [-0.25, -0.2) is 0 Å². The minimum Gasteiger partial charge on any atom is -0.379 e. The lowest BCUT2D eigenvalue weighted by Gasteiger charge is -2.35. The number of halogens is 2. The van der Waals surface area contributed by atoms with Gasteiger partial charge >= 0.3 is 0 Å². The molecule has 5 nitrogen and oxygen atoms in total. The molecule has 2 aromatic carbocycles. The molecule has 1 aliphatic heterocycles.